The molecule has 0 spiro atoms. The van der Waals surface area contributed by atoms with Gasteiger partial charge in [-0.2, -0.15) is 0 Å². The van der Waals surface area contributed by atoms with E-state index < -0.39 is 5.97 Å². The molecule has 0 aliphatic heterocycles. The molecule has 23 heavy (non-hydrogen) atoms. The maximum atomic E-state index is 12.0. The number of carbonyl (C=O) groups is 2. The summed E-state index contributed by atoms with van der Waals surface area (Å²) in [6.07, 6.45) is -0.231. The second-order valence-corrected chi connectivity index (χ2v) is 5.08. The van der Waals surface area contributed by atoms with Crippen LogP contribution in [0.25, 0.3) is 0 Å². The molecule has 0 aliphatic carbocycles. The number of carbonyl (C=O) groups excluding carboxylic acids is 1. The number of benzene rings is 2. The lowest BCUT2D eigenvalue weighted by Gasteiger charge is -2.20. The van der Waals surface area contributed by atoms with Crippen LogP contribution in [-0.2, 0) is 9.59 Å². The second kappa shape index (κ2) is 7.98. The number of hydrogen-bond acceptors (Lipinski definition) is 3. The van der Waals surface area contributed by atoms with Crippen LogP contribution >= 0.6 is 0 Å². The van der Waals surface area contributed by atoms with Crippen LogP contribution in [0, 0.1) is 0 Å². The van der Waals surface area contributed by atoms with Crippen LogP contribution in [0.4, 0.5) is 0 Å². The zero-order valence-corrected chi connectivity index (χ0v) is 12.9. The molecule has 0 bridgehead atoms. The molecular formula is C18H19NO4. The van der Waals surface area contributed by atoms with Crippen molar-refractivity contribution < 1.29 is 19.4 Å². The van der Waals surface area contributed by atoms with E-state index in [0.717, 1.165) is 16.9 Å². The number of aliphatic carboxylic acids is 1. The largest absolute Gasteiger partial charge is 0.497 e. The highest BCUT2D eigenvalue weighted by Crippen LogP contribution is 2.24. The topological polar surface area (TPSA) is 75.6 Å². The minimum Gasteiger partial charge on any atom is -0.497 e. The maximum Gasteiger partial charge on any atom is 0.303 e. The fraction of sp³-hybridized carbons (Fsp3) is 0.222. The van der Waals surface area contributed by atoms with Gasteiger partial charge in [-0.05, 0) is 23.3 Å². The number of nitrogens with one attached hydrogen (secondary N) is 1. The molecule has 5 nitrogen and oxygen atoms in total. The molecule has 2 rings (SSSR count). The van der Waals surface area contributed by atoms with Crippen LogP contribution in [0.3, 0.4) is 0 Å². The van der Waals surface area contributed by atoms with Crippen molar-refractivity contribution in [2.24, 2.45) is 0 Å². The van der Waals surface area contributed by atoms with Crippen LogP contribution in [0.1, 0.15) is 30.0 Å². The SMILES string of the molecule is COc1ccc([C@H](NC(=O)CCC(=O)O)c2ccccc2)cc1. The fourth-order valence-corrected chi connectivity index (χ4v) is 2.25. The summed E-state index contributed by atoms with van der Waals surface area (Å²) in [6, 6.07) is 16.6. The molecule has 1 atom stereocenters. The number of rotatable bonds is 7. The maximum absolute atomic E-state index is 12.0. The van der Waals surface area contributed by atoms with E-state index in [1.54, 1.807) is 7.11 Å². The molecule has 0 heterocycles. The normalized spacial score (nSPS) is 11.5. The number of carboxylic acids is 1. The number of carboxylic acid groups (broad SMARTS) is 1. The molecule has 0 fully saturated rings. The summed E-state index contributed by atoms with van der Waals surface area (Å²) in [7, 11) is 1.59. The van der Waals surface area contributed by atoms with E-state index in [0.29, 0.717) is 0 Å². The second-order valence-electron chi connectivity index (χ2n) is 5.08. The summed E-state index contributed by atoms with van der Waals surface area (Å²) in [5.41, 5.74) is 1.84. The van der Waals surface area contributed by atoms with E-state index in [4.69, 9.17) is 9.84 Å². The van der Waals surface area contributed by atoms with Gasteiger partial charge in [0.05, 0.1) is 19.6 Å². The highest BCUT2D eigenvalue weighted by molar-refractivity contribution is 5.81. The Morgan fingerprint density at radius 2 is 1.61 bits per heavy atom. The van der Waals surface area contributed by atoms with Gasteiger partial charge in [0.25, 0.3) is 0 Å². The molecule has 120 valence electrons. The molecule has 1 amide bonds. The summed E-state index contributed by atoms with van der Waals surface area (Å²) < 4.78 is 5.15. The van der Waals surface area contributed by atoms with Gasteiger partial charge in [0.15, 0.2) is 0 Å². The quantitative estimate of drug-likeness (QED) is 0.824. The third kappa shape index (κ3) is 4.85. The third-order valence-electron chi connectivity index (χ3n) is 3.45. The number of methoxy groups -OCH3 is 1. The summed E-state index contributed by atoms with van der Waals surface area (Å²) >= 11 is 0. The van der Waals surface area contributed by atoms with Crippen molar-refractivity contribution >= 4 is 11.9 Å². The average Bonchev–Trinajstić information content (AvgIpc) is 2.59. The standard InChI is InChI=1S/C18H19NO4/c1-23-15-9-7-14(8-10-15)18(13-5-3-2-4-6-13)19-16(20)11-12-17(21)22/h2-10,18H,11-12H2,1H3,(H,19,20)(H,21,22)/t18-/m1/s1. The molecule has 2 N–H and O–H groups in total. The molecule has 0 aliphatic rings. The van der Waals surface area contributed by atoms with Crippen molar-refractivity contribution in [2.75, 3.05) is 7.11 Å². The van der Waals surface area contributed by atoms with E-state index >= 15 is 0 Å². The van der Waals surface area contributed by atoms with Crippen LogP contribution in [-0.4, -0.2) is 24.1 Å². The lowest BCUT2D eigenvalue weighted by Crippen LogP contribution is -2.29. The van der Waals surface area contributed by atoms with Gasteiger partial charge >= 0.3 is 5.97 Å². The van der Waals surface area contributed by atoms with Gasteiger partial charge < -0.3 is 15.2 Å². The minimum atomic E-state index is -0.985. The summed E-state index contributed by atoms with van der Waals surface area (Å²) in [5.74, 6) is -0.546. The summed E-state index contributed by atoms with van der Waals surface area (Å²) in [5, 5.41) is 11.6. The Balaban J connectivity index is 2.21. The van der Waals surface area contributed by atoms with Crippen LogP contribution < -0.4 is 10.1 Å². The molecule has 5 heteroatoms. The van der Waals surface area contributed by atoms with Crippen molar-refractivity contribution in [2.45, 2.75) is 18.9 Å². The Morgan fingerprint density at radius 3 is 2.17 bits per heavy atom. The molecule has 2 aromatic carbocycles. The van der Waals surface area contributed by atoms with E-state index in [1.807, 2.05) is 54.6 Å². The van der Waals surface area contributed by atoms with E-state index in [9.17, 15) is 9.59 Å². The molecule has 0 saturated carbocycles. The first kappa shape index (κ1) is 16.5. The van der Waals surface area contributed by atoms with Crippen molar-refractivity contribution in [1.82, 2.24) is 5.32 Å². The third-order valence-corrected chi connectivity index (χ3v) is 3.45. The van der Waals surface area contributed by atoms with Gasteiger partial charge in [-0.25, -0.2) is 0 Å². The predicted molar refractivity (Wildman–Crippen MR) is 86.3 cm³/mol. The van der Waals surface area contributed by atoms with Crippen LogP contribution in [0.5, 0.6) is 5.75 Å². The number of ether oxygens (including phenoxy) is 1. The Bertz CT molecular complexity index is 652. The van der Waals surface area contributed by atoms with Crippen molar-refractivity contribution in [3.63, 3.8) is 0 Å². The van der Waals surface area contributed by atoms with Crippen molar-refractivity contribution in [3.8, 4) is 5.75 Å². The Labute approximate surface area is 134 Å². The Morgan fingerprint density at radius 1 is 1.00 bits per heavy atom. The van der Waals surface area contributed by atoms with Gasteiger partial charge in [0.1, 0.15) is 5.75 Å². The molecule has 2 aromatic rings. The molecule has 0 radical (unpaired) electrons. The predicted octanol–water partition coefficient (Wildman–Crippen LogP) is 2.77. The lowest BCUT2D eigenvalue weighted by atomic mass is 9.98. The monoisotopic (exact) mass is 313 g/mol. The van der Waals surface area contributed by atoms with Gasteiger partial charge in [-0.15, -0.1) is 0 Å². The van der Waals surface area contributed by atoms with Gasteiger partial charge in [0, 0.05) is 6.42 Å². The van der Waals surface area contributed by atoms with Gasteiger partial charge in [0.2, 0.25) is 5.91 Å². The van der Waals surface area contributed by atoms with Crippen LogP contribution in [0.15, 0.2) is 54.6 Å². The van der Waals surface area contributed by atoms with Gasteiger partial charge in [-0.1, -0.05) is 42.5 Å². The smallest absolute Gasteiger partial charge is 0.303 e. The molecule has 0 saturated heterocycles. The van der Waals surface area contributed by atoms with E-state index in [1.165, 1.54) is 0 Å². The first-order chi connectivity index (χ1) is 11.1. The summed E-state index contributed by atoms with van der Waals surface area (Å²) in [4.78, 5) is 22.6. The summed E-state index contributed by atoms with van der Waals surface area (Å²) in [6.45, 7) is 0. The fourth-order valence-electron chi connectivity index (χ4n) is 2.25. The van der Waals surface area contributed by atoms with Crippen molar-refractivity contribution in [3.05, 3.63) is 65.7 Å². The van der Waals surface area contributed by atoms with Crippen LogP contribution in [0.2, 0.25) is 0 Å². The zero-order valence-electron chi connectivity index (χ0n) is 12.9. The van der Waals surface area contributed by atoms with E-state index in [-0.39, 0.29) is 24.8 Å². The average molecular weight is 313 g/mol. The Kier molecular flexibility index (Phi) is 5.74. The van der Waals surface area contributed by atoms with Crippen molar-refractivity contribution in [1.29, 1.82) is 0 Å². The number of hydrogen-bond donors (Lipinski definition) is 2. The first-order valence-corrected chi connectivity index (χ1v) is 7.30. The number of amides is 1. The molecule has 0 unspecified atom stereocenters. The minimum absolute atomic E-state index is 0.0468. The lowest BCUT2D eigenvalue weighted by molar-refractivity contribution is -0.138. The van der Waals surface area contributed by atoms with E-state index in [2.05, 4.69) is 5.32 Å². The first-order valence-electron chi connectivity index (χ1n) is 7.30. The molecule has 0 aromatic heterocycles. The Hall–Kier alpha value is -2.82. The zero-order chi connectivity index (χ0) is 16.7. The van der Waals surface area contributed by atoms with Gasteiger partial charge in [-0.3, -0.25) is 9.59 Å². The molecular weight excluding hydrogens is 294 g/mol. The highest BCUT2D eigenvalue weighted by atomic mass is 16.5. The highest BCUT2D eigenvalue weighted by Gasteiger charge is 2.17.